The number of primary amides is 1. The average Bonchev–Trinajstić information content (AvgIpc) is 3.06. The summed E-state index contributed by atoms with van der Waals surface area (Å²) in [4.78, 5) is 18.9. The lowest BCUT2D eigenvalue weighted by atomic mass is 10.00. The molecule has 3 N–H and O–H groups in total. The Morgan fingerprint density at radius 3 is 2.80 bits per heavy atom. The van der Waals surface area contributed by atoms with Gasteiger partial charge in [-0.05, 0) is 23.6 Å². The summed E-state index contributed by atoms with van der Waals surface area (Å²) in [5, 5.41) is 1.03. The van der Waals surface area contributed by atoms with Gasteiger partial charge in [-0.25, -0.2) is 4.98 Å². The van der Waals surface area contributed by atoms with E-state index >= 15 is 0 Å². The Balaban J connectivity index is 2.33. The van der Waals surface area contributed by atoms with Crippen molar-refractivity contribution in [1.29, 1.82) is 0 Å². The molecule has 1 amide bonds. The number of hydrogen-bond acceptors (Lipinski definition) is 2. The van der Waals surface area contributed by atoms with Crippen LogP contribution in [0.25, 0.3) is 16.6 Å². The Morgan fingerprint density at radius 2 is 2.20 bits per heavy atom. The zero-order chi connectivity index (χ0) is 14.3. The van der Waals surface area contributed by atoms with Crippen molar-refractivity contribution in [3.63, 3.8) is 0 Å². The fourth-order valence-electron chi connectivity index (χ4n) is 2.47. The van der Waals surface area contributed by atoms with Crippen LogP contribution in [0.1, 0.15) is 35.7 Å². The molecule has 0 unspecified atom stereocenters. The molecule has 0 aliphatic rings. The lowest BCUT2D eigenvalue weighted by molar-refractivity contribution is 0.100. The molecule has 0 bridgehead atoms. The zero-order valence-corrected chi connectivity index (χ0v) is 11.4. The molecule has 0 atom stereocenters. The molecular formula is C15H16N4O. The third-order valence-electron chi connectivity index (χ3n) is 3.50. The molecule has 2 aromatic heterocycles. The van der Waals surface area contributed by atoms with E-state index in [2.05, 4.69) is 29.9 Å². The maximum Gasteiger partial charge on any atom is 0.250 e. The van der Waals surface area contributed by atoms with Gasteiger partial charge in [-0.1, -0.05) is 13.8 Å². The minimum atomic E-state index is -0.436. The Hall–Kier alpha value is -2.56. The maximum absolute atomic E-state index is 11.7. The van der Waals surface area contributed by atoms with Crippen LogP contribution in [0.3, 0.4) is 0 Å². The SMILES string of the molecule is CC(C)c1c[nH]c2c(C(N)=O)cc(-n3ccnc3)cc12. The first-order chi connectivity index (χ1) is 9.58. The second-order valence-corrected chi connectivity index (χ2v) is 5.15. The van der Waals surface area contributed by atoms with E-state index < -0.39 is 5.91 Å². The van der Waals surface area contributed by atoms with Gasteiger partial charge in [0.1, 0.15) is 0 Å². The Labute approximate surface area is 116 Å². The molecular weight excluding hydrogens is 252 g/mol. The Kier molecular flexibility index (Phi) is 2.82. The van der Waals surface area contributed by atoms with Crippen molar-refractivity contribution in [2.24, 2.45) is 5.73 Å². The van der Waals surface area contributed by atoms with Crippen molar-refractivity contribution in [2.75, 3.05) is 0 Å². The highest BCUT2D eigenvalue weighted by atomic mass is 16.1. The molecule has 0 saturated carbocycles. The summed E-state index contributed by atoms with van der Waals surface area (Å²) in [7, 11) is 0. The van der Waals surface area contributed by atoms with Gasteiger partial charge in [-0.2, -0.15) is 0 Å². The molecule has 20 heavy (non-hydrogen) atoms. The summed E-state index contributed by atoms with van der Waals surface area (Å²) < 4.78 is 1.86. The molecule has 3 aromatic rings. The van der Waals surface area contributed by atoms with Crippen molar-refractivity contribution in [1.82, 2.24) is 14.5 Å². The zero-order valence-electron chi connectivity index (χ0n) is 11.4. The molecule has 2 heterocycles. The van der Waals surface area contributed by atoms with Crippen LogP contribution in [-0.4, -0.2) is 20.4 Å². The van der Waals surface area contributed by atoms with Gasteiger partial charge in [0.15, 0.2) is 0 Å². The number of hydrogen-bond donors (Lipinski definition) is 2. The number of nitrogens with one attached hydrogen (secondary N) is 1. The molecule has 5 nitrogen and oxygen atoms in total. The van der Waals surface area contributed by atoms with Crippen molar-refractivity contribution in [3.05, 3.63) is 48.2 Å². The van der Waals surface area contributed by atoms with Gasteiger partial charge < -0.3 is 15.3 Å². The van der Waals surface area contributed by atoms with Gasteiger partial charge in [0.05, 0.1) is 17.4 Å². The van der Waals surface area contributed by atoms with E-state index in [0.29, 0.717) is 11.5 Å². The van der Waals surface area contributed by atoms with Crippen LogP contribution >= 0.6 is 0 Å². The first-order valence-corrected chi connectivity index (χ1v) is 6.51. The summed E-state index contributed by atoms with van der Waals surface area (Å²) in [5.74, 6) is -0.0726. The van der Waals surface area contributed by atoms with E-state index in [-0.39, 0.29) is 0 Å². The summed E-state index contributed by atoms with van der Waals surface area (Å²) >= 11 is 0. The number of imidazole rings is 1. The number of aromatic amines is 1. The van der Waals surface area contributed by atoms with E-state index in [1.807, 2.05) is 17.0 Å². The van der Waals surface area contributed by atoms with Gasteiger partial charge >= 0.3 is 0 Å². The molecule has 1 aromatic carbocycles. The summed E-state index contributed by atoms with van der Waals surface area (Å²) in [6.07, 6.45) is 7.19. The van der Waals surface area contributed by atoms with E-state index in [1.165, 1.54) is 5.56 Å². The third-order valence-corrected chi connectivity index (χ3v) is 3.50. The quantitative estimate of drug-likeness (QED) is 0.766. The van der Waals surface area contributed by atoms with Gasteiger partial charge in [0.25, 0.3) is 5.91 Å². The highest BCUT2D eigenvalue weighted by Crippen LogP contribution is 2.29. The largest absolute Gasteiger partial charge is 0.366 e. The van der Waals surface area contributed by atoms with E-state index in [9.17, 15) is 4.79 Å². The molecule has 0 spiro atoms. The molecule has 0 saturated heterocycles. The maximum atomic E-state index is 11.7. The fourth-order valence-corrected chi connectivity index (χ4v) is 2.47. The van der Waals surface area contributed by atoms with Gasteiger partial charge in [-0.15, -0.1) is 0 Å². The van der Waals surface area contributed by atoms with Crippen LogP contribution in [-0.2, 0) is 0 Å². The standard InChI is InChI=1S/C15H16N4O/c1-9(2)13-7-18-14-11(13)5-10(6-12(14)15(16)20)19-4-3-17-8-19/h3-9,18H,1-2H3,(H2,16,20). The highest BCUT2D eigenvalue weighted by Gasteiger charge is 2.15. The third kappa shape index (κ3) is 1.87. The van der Waals surface area contributed by atoms with E-state index in [1.54, 1.807) is 18.6 Å². The monoisotopic (exact) mass is 268 g/mol. The molecule has 0 radical (unpaired) electrons. The number of carbonyl (C=O) groups is 1. The van der Waals surface area contributed by atoms with Crippen LogP contribution < -0.4 is 5.73 Å². The lowest BCUT2D eigenvalue weighted by Gasteiger charge is -2.08. The fraction of sp³-hybridized carbons (Fsp3) is 0.200. The molecule has 5 heteroatoms. The van der Waals surface area contributed by atoms with Crippen LogP contribution in [0.5, 0.6) is 0 Å². The number of aromatic nitrogens is 3. The highest BCUT2D eigenvalue weighted by molar-refractivity contribution is 6.06. The molecule has 0 fully saturated rings. The van der Waals surface area contributed by atoms with Crippen LogP contribution in [0.4, 0.5) is 0 Å². The number of rotatable bonds is 3. The topological polar surface area (TPSA) is 76.7 Å². The minimum Gasteiger partial charge on any atom is -0.366 e. The van der Waals surface area contributed by atoms with Crippen LogP contribution in [0.15, 0.2) is 37.1 Å². The predicted octanol–water partition coefficient (Wildman–Crippen LogP) is 2.58. The van der Waals surface area contributed by atoms with Gasteiger partial charge in [0, 0.05) is 29.7 Å². The number of fused-ring (bicyclic) bond motifs is 1. The second-order valence-electron chi connectivity index (χ2n) is 5.15. The molecule has 102 valence electrons. The predicted molar refractivity (Wildman–Crippen MR) is 78.0 cm³/mol. The number of amides is 1. The summed E-state index contributed by atoms with van der Waals surface area (Å²) in [5.41, 5.74) is 8.85. The Bertz CT molecular complexity index is 769. The van der Waals surface area contributed by atoms with Crippen molar-refractivity contribution in [3.8, 4) is 5.69 Å². The van der Waals surface area contributed by atoms with Crippen LogP contribution in [0, 0.1) is 0 Å². The van der Waals surface area contributed by atoms with Gasteiger partial charge in [-0.3, -0.25) is 4.79 Å². The Morgan fingerprint density at radius 1 is 1.40 bits per heavy atom. The molecule has 0 aliphatic carbocycles. The van der Waals surface area contributed by atoms with E-state index in [0.717, 1.165) is 16.6 Å². The van der Waals surface area contributed by atoms with Gasteiger partial charge in [0.2, 0.25) is 0 Å². The first kappa shape index (κ1) is 12.5. The lowest BCUT2D eigenvalue weighted by Crippen LogP contribution is -2.12. The average molecular weight is 268 g/mol. The smallest absolute Gasteiger partial charge is 0.250 e. The van der Waals surface area contributed by atoms with Crippen molar-refractivity contribution in [2.45, 2.75) is 19.8 Å². The van der Waals surface area contributed by atoms with Crippen molar-refractivity contribution >= 4 is 16.8 Å². The summed E-state index contributed by atoms with van der Waals surface area (Å²) in [6, 6.07) is 3.84. The first-order valence-electron chi connectivity index (χ1n) is 6.51. The molecule has 3 rings (SSSR count). The number of H-pyrrole nitrogens is 1. The normalized spacial score (nSPS) is 11.3. The number of benzene rings is 1. The van der Waals surface area contributed by atoms with Crippen molar-refractivity contribution < 1.29 is 4.79 Å². The minimum absolute atomic E-state index is 0.363. The number of carbonyl (C=O) groups excluding carboxylic acids is 1. The summed E-state index contributed by atoms with van der Waals surface area (Å²) in [6.45, 7) is 4.24. The van der Waals surface area contributed by atoms with Crippen LogP contribution in [0.2, 0.25) is 0 Å². The molecule has 0 aliphatic heterocycles. The second kappa shape index (κ2) is 4.52. The van der Waals surface area contributed by atoms with E-state index in [4.69, 9.17) is 5.73 Å². The number of nitrogens with zero attached hydrogens (tertiary/aromatic N) is 2. The number of nitrogens with two attached hydrogens (primary N) is 1.